The Morgan fingerprint density at radius 3 is 2.50 bits per heavy atom. The van der Waals surface area contributed by atoms with E-state index in [0.29, 0.717) is 6.54 Å². The molecule has 18 heavy (non-hydrogen) atoms. The topological polar surface area (TPSA) is 57.7 Å². The first-order valence-corrected chi connectivity index (χ1v) is 5.97. The molecule has 0 N–H and O–H groups in total. The molecule has 5 heteroatoms. The summed E-state index contributed by atoms with van der Waals surface area (Å²) in [5.74, 6) is -0.856. The zero-order valence-electron chi connectivity index (χ0n) is 10.6. The van der Waals surface area contributed by atoms with Gasteiger partial charge in [-0.1, -0.05) is 26.0 Å². The molecule has 1 aliphatic heterocycles. The Bertz CT molecular complexity index is 401. The minimum absolute atomic E-state index is 0.0899. The lowest BCUT2D eigenvalue weighted by molar-refractivity contribution is -0.127. The van der Waals surface area contributed by atoms with Crippen LogP contribution in [0.1, 0.15) is 26.2 Å². The van der Waals surface area contributed by atoms with Gasteiger partial charge in [0.15, 0.2) is 0 Å². The molecule has 98 valence electrons. The fourth-order valence-corrected chi connectivity index (χ4v) is 1.71. The largest absolute Gasteiger partial charge is 0.333 e. The standard InChI is InChI=1S/C13H18N2O3/c1-4-6-8-14-11(16)9-10(3)12(17)15(7-5-2)13(14)18/h5H,2-4,6-9H2,1H3. The Labute approximate surface area is 107 Å². The number of rotatable bonds is 5. The third kappa shape index (κ3) is 2.85. The number of hydrogen-bond acceptors (Lipinski definition) is 3. The first-order valence-electron chi connectivity index (χ1n) is 5.97. The highest BCUT2D eigenvalue weighted by molar-refractivity contribution is 6.13. The van der Waals surface area contributed by atoms with Crippen molar-refractivity contribution >= 4 is 17.8 Å². The Balaban J connectivity index is 3.00. The van der Waals surface area contributed by atoms with E-state index in [0.717, 1.165) is 22.6 Å². The third-order valence-electron chi connectivity index (χ3n) is 2.72. The van der Waals surface area contributed by atoms with Crippen LogP contribution in [0, 0.1) is 0 Å². The predicted octanol–water partition coefficient (Wildman–Crippen LogP) is 1.71. The van der Waals surface area contributed by atoms with E-state index < -0.39 is 11.9 Å². The van der Waals surface area contributed by atoms with Crippen molar-refractivity contribution in [1.82, 2.24) is 9.80 Å². The lowest BCUT2D eigenvalue weighted by Gasteiger charge is -2.23. The van der Waals surface area contributed by atoms with Crippen LogP contribution in [-0.4, -0.2) is 40.7 Å². The highest BCUT2D eigenvalue weighted by Crippen LogP contribution is 2.16. The van der Waals surface area contributed by atoms with Gasteiger partial charge in [-0.3, -0.25) is 19.4 Å². The number of carbonyl (C=O) groups excluding carboxylic acids is 3. The van der Waals surface area contributed by atoms with Crippen LogP contribution in [0.15, 0.2) is 24.8 Å². The number of imide groups is 2. The normalized spacial score (nSPS) is 17.2. The molecule has 0 spiro atoms. The van der Waals surface area contributed by atoms with E-state index in [1.807, 2.05) is 6.92 Å². The molecule has 0 aromatic heterocycles. The van der Waals surface area contributed by atoms with Crippen molar-refractivity contribution in [3.63, 3.8) is 0 Å². The van der Waals surface area contributed by atoms with Crippen LogP contribution in [-0.2, 0) is 9.59 Å². The van der Waals surface area contributed by atoms with Gasteiger partial charge in [-0.15, -0.1) is 6.58 Å². The van der Waals surface area contributed by atoms with Crippen LogP contribution in [0.5, 0.6) is 0 Å². The van der Waals surface area contributed by atoms with Gasteiger partial charge in [-0.2, -0.15) is 0 Å². The van der Waals surface area contributed by atoms with Crippen LogP contribution in [0.2, 0.25) is 0 Å². The summed E-state index contributed by atoms with van der Waals surface area (Å²) in [7, 11) is 0. The number of carbonyl (C=O) groups is 3. The van der Waals surface area contributed by atoms with Crippen molar-refractivity contribution in [2.24, 2.45) is 0 Å². The Kier molecular flexibility index (Phi) is 4.83. The summed E-state index contributed by atoms with van der Waals surface area (Å²) in [6.45, 7) is 9.46. The Morgan fingerprint density at radius 1 is 1.28 bits per heavy atom. The van der Waals surface area contributed by atoms with Crippen LogP contribution in [0.25, 0.3) is 0 Å². The summed E-state index contributed by atoms with van der Waals surface area (Å²) < 4.78 is 0. The van der Waals surface area contributed by atoms with E-state index in [4.69, 9.17) is 0 Å². The summed E-state index contributed by atoms with van der Waals surface area (Å²) in [5, 5.41) is 0. The molecular weight excluding hydrogens is 232 g/mol. The maximum atomic E-state index is 12.1. The van der Waals surface area contributed by atoms with E-state index in [9.17, 15) is 14.4 Å². The van der Waals surface area contributed by atoms with Crippen LogP contribution >= 0.6 is 0 Å². The minimum Gasteiger partial charge on any atom is -0.274 e. The van der Waals surface area contributed by atoms with Gasteiger partial charge in [0.2, 0.25) is 5.91 Å². The molecule has 1 rings (SSSR count). The maximum absolute atomic E-state index is 12.1. The van der Waals surface area contributed by atoms with Crippen LogP contribution in [0.3, 0.4) is 0 Å². The van der Waals surface area contributed by atoms with Crippen molar-refractivity contribution in [2.45, 2.75) is 26.2 Å². The van der Waals surface area contributed by atoms with Gasteiger partial charge in [0, 0.05) is 18.7 Å². The summed E-state index contributed by atoms with van der Waals surface area (Å²) >= 11 is 0. The minimum atomic E-state index is -0.572. The van der Waals surface area contributed by atoms with Gasteiger partial charge >= 0.3 is 6.03 Å². The molecule has 0 aliphatic carbocycles. The zero-order chi connectivity index (χ0) is 13.7. The average Bonchev–Trinajstić information content (AvgIpc) is 2.40. The zero-order valence-corrected chi connectivity index (χ0v) is 10.6. The van der Waals surface area contributed by atoms with Gasteiger partial charge in [0.25, 0.3) is 5.91 Å². The average molecular weight is 250 g/mol. The lowest BCUT2D eigenvalue weighted by atomic mass is 10.2. The molecule has 0 saturated carbocycles. The molecule has 5 nitrogen and oxygen atoms in total. The molecule has 0 aromatic rings. The number of urea groups is 1. The van der Waals surface area contributed by atoms with Gasteiger partial charge in [-0.25, -0.2) is 4.79 Å². The molecule has 1 aliphatic rings. The lowest BCUT2D eigenvalue weighted by Crippen LogP contribution is -2.46. The summed E-state index contributed by atoms with van der Waals surface area (Å²) in [6, 6.07) is -0.572. The molecule has 1 heterocycles. The first kappa shape index (κ1) is 14.2. The van der Waals surface area contributed by atoms with Gasteiger partial charge in [0.05, 0.1) is 6.42 Å². The number of unbranched alkanes of at least 4 members (excludes halogenated alkanes) is 1. The van der Waals surface area contributed by atoms with Crippen molar-refractivity contribution in [3.05, 3.63) is 24.8 Å². The summed E-state index contributed by atoms with van der Waals surface area (Å²) in [6.07, 6.45) is 2.95. The first-order chi connectivity index (χ1) is 8.52. The van der Waals surface area contributed by atoms with E-state index >= 15 is 0 Å². The molecule has 0 bridgehead atoms. The van der Waals surface area contributed by atoms with Crippen molar-refractivity contribution in [1.29, 1.82) is 0 Å². The van der Waals surface area contributed by atoms with Gasteiger partial charge in [0.1, 0.15) is 0 Å². The Hall–Kier alpha value is -1.91. The molecule has 0 radical (unpaired) electrons. The summed E-state index contributed by atoms with van der Waals surface area (Å²) in [4.78, 5) is 38.0. The van der Waals surface area contributed by atoms with Gasteiger partial charge < -0.3 is 0 Å². The van der Waals surface area contributed by atoms with E-state index in [1.165, 1.54) is 6.08 Å². The van der Waals surface area contributed by atoms with Gasteiger partial charge in [-0.05, 0) is 6.42 Å². The quantitative estimate of drug-likeness (QED) is 0.551. The van der Waals surface area contributed by atoms with E-state index in [-0.39, 0.29) is 24.4 Å². The summed E-state index contributed by atoms with van der Waals surface area (Å²) in [5.41, 5.74) is 0.147. The monoisotopic (exact) mass is 250 g/mol. The molecule has 0 unspecified atom stereocenters. The number of amides is 4. The molecule has 1 fully saturated rings. The highest BCUT2D eigenvalue weighted by Gasteiger charge is 2.35. The predicted molar refractivity (Wildman–Crippen MR) is 67.7 cm³/mol. The van der Waals surface area contributed by atoms with Crippen molar-refractivity contribution < 1.29 is 14.4 Å². The Morgan fingerprint density at radius 2 is 1.94 bits per heavy atom. The number of nitrogens with zero attached hydrogens (tertiary/aromatic N) is 2. The highest BCUT2D eigenvalue weighted by atomic mass is 16.2. The fourth-order valence-electron chi connectivity index (χ4n) is 1.71. The van der Waals surface area contributed by atoms with E-state index in [2.05, 4.69) is 13.2 Å². The molecular formula is C13H18N2O3. The fraction of sp³-hybridized carbons (Fsp3) is 0.462. The second-order valence-corrected chi connectivity index (χ2v) is 4.17. The molecule has 0 aromatic carbocycles. The van der Waals surface area contributed by atoms with Crippen molar-refractivity contribution in [2.75, 3.05) is 13.1 Å². The maximum Gasteiger partial charge on any atom is 0.333 e. The molecule has 0 atom stereocenters. The second-order valence-electron chi connectivity index (χ2n) is 4.17. The van der Waals surface area contributed by atoms with E-state index in [1.54, 1.807) is 0 Å². The third-order valence-corrected chi connectivity index (χ3v) is 2.72. The SMILES string of the molecule is C=CCN1C(=O)C(=C)CC(=O)N(CCCC)C1=O. The van der Waals surface area contributed by atoms with Crippen molar-refractivity contribution in [3.8, 4) is 0 Å². The molecule has 4 amide bonds. The van der Waals surface area contributed by atoms with Crippen LogP contribution in [0.4, 0.5) is 4.79 Å². The van der Waals surface area contributed by atoms with Crippen LogP contribution < -0.4 is 0 Å². The number of hydrogen-bond donors (Lipinski definition) is 0. The smallest absolute Gasteiger partial charge is 0.274 e. The second kappa shape index (κ2) is 6.14. The molecule has 1 saturated heterocycles.